The Bertz CT molecular complexity index is 915. The fourth-order valence-corrected chi connectivity index (χ4v) is 2.77. The molecule has 0 aliphatic rings. The molecule has 0 saturated heterocycles. The maximum atomic E-state index is 12.1. The number of benzene rings is 1. The van der Waals surface area contributed by atoms with Gasteiger partial charge in [-0.2, -0.15) is 8.42 Å². The Labute approximate surface area is 143 Å². The molecular weight excluding hydrogens is 352 g/mol. The van der Waals surface area contributed by atoms with Crippen molar-refractivity contribution in [2.75, 3.05) is 0 Å². The van der Waals surface area contributed by atoms with Gasteiger partial charge in [-0.3, -0.25) is 0 Å². The van der Waals surface area contributed by atoms with Crippen LogP contribution in [-0.4, -0.2) is 18.4 Å². The lowest BCUT2D eigenvalue weighted by Gasteiger charge is -2.08. The van der Waals surface area contributed by atoms with Gasteiger partial charge in [0.05, 0.1) is 6.20 Å². The van der Waals surface area contributed by atoms with Gasteiger partial charge in [-0.15, -0.1) is 0 Å². The van der Waals surface area contributed by atoms with Crippen molar-refractivity contribution < 1.29 is 17.3 Å². The minimum Gasteiger partial charge on any atom is -0.439 e. The lowest BCUT2D eigenvalue weighted by atomic mass is 10.3. The Morgan fingerprint density at radius 3 is 2.25 bits per heavy atom. The Morgan fingerprint density at radius 2 is 1.62 bits per heavy atom. The molecule has 6 nitrogen and oxygen atoms in total. The summed E-state index contributed by atoms with van der Waals surface area (Å²) in [6.45, 7) is 0. The van der Waals surface area contributed by atoms with Crippen LogP contribution in [0.3, 0.4) is 0 Å². The van der Waals surface area contributed by atoms with Crippen molar-refractivity contribution in [2.45, 2.75) is 4.90 Å². The first-order valence-corrected chi connectivity index (χ1v) is 8.56. The smallest absolute Gasteiger partial charge is 0.340 e. The average Bonchev–Trinajstić information content (AvgIpc) is 2.58. The predicted octanol–water partition coefficient (Wildman–Crippen LogP) is 3.69. The molecule has 0 spiro atoms. The van der Waals surface area contributed by atoms with Crippen molar-refractivity contribution in [3.8, 4) is 17.4 Å². The molecule has 24 heavy (non-hydrogen) atoms. The number of halogens is 1. The first kappa shape index (κ1) is 16.2. The SMILES string of the molecule is O=S(=O)(Oc1ccc(Oc2ccccn2)cc1)c1ccc(Cl)nc1. The maximum absolute atomic E-state index is 12.1. The van der Waals surface area contributed by atoms with E-state index in [0.29, 0.717) is 11.6 Å². The van der Waals surface area contributed by atoms with E-state index in [-0.39, 0.29) is 15.8 Å². The Hall–Kier alpha value is -2.64. The molecule has 8 heteroatoms. The van der Waals surface area contributed by atoms with Crippen molar-refractivity contribution in [3.05, 3.63) is 72.1 Å². The molecule has 0 fully saturated rings. The zero-order valence-corrected chi connectivity index (χ0v) is 13.7. The van der Waals surface area contributed by atoms with E-state index in [1.807, 2.05) is 0 Å². The van der Waals surface area contributed by atoms with E-state index in [2.05, 4.69) is 9.97 Å². The highest BCUT2D eigenvalue weighted by atomic mass is 35.5. The molecule has 3 rings (SSSR count). The van der Waals surface area contributed by atoms with Gasteiger partial charge in [0.2, 0.25) is 5.88 Å². The molecule has 0 saturated carbocycles. The minimum atomic E-state index is -3.98. The Balaban J connectivity index is 1.73. The zero-order valence-electron chi connectivity index (χ0n) is 12.2. The molecule has 0 aliphatic heterocycles. The molecule has 3 aromatic rings. The average molecular weight is 363 g/mol. The Kier molecular flexibility index (Phi) is 4.64. The van der Waals surface area contributed by atoms with Crippen molar-refractivity contribution in [1.29, 1.82) is 0 Å². The summed E-state index contributed by atoms with van der Waals surface area (Å²) in [5.41, 5.74) is 0. The Morgan fingerprint density at radius 1 is 0.875 bits per heavy atom. The molecule has 0 bridgehead atoms. The van der Waals surface area contributed by atoms with Gasteiger partial charge in [0.15, 0.2) is 0 Å². The third-order valence-electron chi connectivity index (χ3n) is 2.88. The van der Waals surface area contributed by atoms with Crippen LogP contribution in [0.15, 0.2) is 71.9 Å². The van der Waals surface area contributed by atoms with Crippen molar-refractivity contribution in [3.63, 3.8) is 0 Å². The van der Waals surface area contributed by atoms with Crippen LogP contribution in [0.1, 0.15) is 0 Å². The summed E-state index contributed by atoms with van der Waals surface area (Å²) in [5, 5.41) is 0.199. The zero-order chi connectivity index (χ0) is 17.0. The lowest BCUT2D eigenvalue weighted by Crippen LogP contribution is -2.09. The highest BCUT2D eigenvalue weighted by Gasteiger charge is 2.17. The molecule has 0 radical (unpaired) electrons. The van der Waals surface area contributed by atoms with Gasteiger partial charge in [0, 0.05) is 12.3 Å². The molecular formula is C16H11ClN2O4S. The molecule has 122 valence electrons. The van der Waals surface area contributed by atoms with E-state index in [1.165, 1.54) is 24.3 Å². The summed E-state index contributed by atoms with van der Waals surface area (Å²) >= 11 is 5.64. The molecule has 2 aromatic heterocycles. The number of aromatic nitrogens is 2. The summed E-state index contributed by atoms with van der Waals surface area (Å²) in [6, 6.07) is 14.1. The van der Waals surface area contributed by atoms with Gasteiger partial charge < -0.3 is 8.92 Å². The van der Waals surface area contributed by atoms with E-state index < -0.39 is 10.1 Å². The number of ether oxygens (including phenoxy) is 1. The van der Waals surface area contributed by atoms with Crippen LogP contribution in [0.25, 0.3) is 0 Å². The van der Waals surface area contributed by atoms with Crippen LogP contribution in [0, 0.1) is 0 Å². The first-order valence-electron chi connectivity index (χ1n) is 6.78. The molecule has 0 atom stereocenters. The summed E-state index contributed by atoms with van der Waals surface area (Å²) in [4.78, 5) is 7.68. The minimum absolute atomic E-state index is 0.0827. The summed E-state index contributed by atoms with van der Waals surface area (Å²) in [6.07, 6.45) is 2.75. The van der Waals surface area contributed by atoms with E-state index in [4.69, 9.17) is 20.5 Å². The van der Waals surface area contributed by atoms with Crippen LogP contribution in [0.5, 0.6) is 17.4 Å². The second-order valence-electron chi connectivity index (χ2n) is 4.60. The highest BCUT2D eigenvalue weighted by molar-refractivity contribution is 7.87. The molecule has 1 aromatic carbocycles. The van der Waals surface area contributed by atoms with Crippen LogP contribution in [-0.2, 0) is 10.1 Å². The van der Waals surface area contributed by atoms with Crippen molar-refractivity contribution in [1.82, 2.24) is 9.97 Å². The maximum Gasteiger partial charge on any atom is 0.340 e. The molecule has 0 N–H and O–H groups in total. The van der Waals surface area contributed by atoms with Gasteiger partial charge >= 0.3 is 10.1 Å². The lowest BCUT2D eigenvalue weighted by molar-refractivity contribution is 0.459. The molecule has 0 amide bonds. The fourth-order valence-electron chi connectivity index (χ4n) is 1.78. The molecule has 2 heterocycles. The van der Waals surface area contributed by atoms with Crippen LogP contribution < -0.4 is 8.92 Å². The van der Waals surface area contributed by atoms with Gasteiger partial charge in [-0.1, -0.05) is 17.7 Å². The first-order chi connectivity index (χ1) is 11.5. The van der Waals surface area contributed by atoms with Crippen LogP contribution >= 0.6 is 11.6 Å². The van der Waals surface area contributed by atoms with Crippen molar-refractivity contribution in [2.24, 2.45) is 0 Å². The van der Waals surface area contributed by atoms with Crippen molar-refractivity contribution >= 4 is 21.7 Å². The van der Waals surface area contributed by atoms with E-state index in [1.54, 1.807) is 36.5 Å². The largest absolute Gasteiger partial charge is 0.439 e. The van der Waals surface area contributed by atoms with Gasteiger partial charge in [-0.25, -0.2) is 9.97 Å². The number of hydrogen-bond donors (Lipinski definition) is 0. The standard InChI is InChI=1S/C16H11ClN2O4S/c17-15-9-8-14(11-19-15)24(20,21)23-13-6-4-12(5-7-13)22-16-3-1-2-10-18-16/h1-11H. The summed E-state index contributed by atoms with van der Waals surface area (Å²) in [5.74, 6) is 1.09. The van der Waals surface area contributed by atoms with E-state index in [0.717, 1.165) is 6.20 Å². The molecule has 0 unspecified atom stereocenters. The molecule has 0 aliphatic carbocycles. The number of hydrogen-bond acceptors (Lipinski definition) is 6. The monoisotopic (exact) mass is 362 g/mol. The summed E-state index contributed by atoms with van der Waals surface area (Å²) in [7, 11) is -3.98. The highest BCUT2D eigenvalue weighted by Crippen LogP contribution is 2.24. The van der Waals surface area contributed by atoms with E-state index in [9.17, 15) is 8.42 Å². The van der Waals surface area contributed by atoms with Gasteiger partial charge in [0.25, 0.3) is 0 Å². The quantitative estimate of drug-likeness (QED) is 0.508. The number of pyridine rings is 2. The van der Waals surface area contributed by atoms with E-state index >= 15 is 0 Å². The summed E-state index contributed by atoms with van der Waals surface area (Å²) < 4.78 is 34.9. The third-order valence-corrected chi connectivity index (χ3v) is 4.33. The van der Waals surface area contributed by atoms with Crippen LogP contribution in [0.4, 0.5) is 0 Å². The third kappa shape index (κ3) is 4.01. The number of rotatable bonds is 5. The topological polar surface area (TPSA) is 78.4 Å². The van der Waals surface area contributed by atoms with Gasteiger partial charge in [-0.05, 0) is 42.5 Å². The van der Waals surface area contributed by atoms with Crippen LogP contribution in [0.2, 0.25) is 5.15 Å². The normalized spacial score (nSPS) is 11.0. The second kappa shape index (κ2) is 6.86. The van der Waals surface area contributed by atoms with Gasteiger partial charge in [0.1, 0.15) is 21.5 Å². The number of nitrogens with zero attached hydrogens (tertiary/aromatic N) is 2. The second-order valence-corrected chi connectivity index (χ2v) is 6.53. The predicted molar refractivity (Wildman–Crippen MR) is 87.8 cm³/mol. The fraction of sp³-hybridized carbons (Fsp3) is 0.